The molecule has 0 aliphatic carbocycles. The first-order chi connectivity index (χ1) is 10.6. The van der Waals surface area contributed by atoms with Crippen LogP contribution >= 0.6 is 23.2 Å². The van der Waals surface area contributed by atoms with E-state index in [2.05, 4.69) is 15.3 Å². The lowest BCUT2D eigenvalue weighted by Crippen LogP contribution is -1.98. The third kappa shape index (κ3) is 3.35. The maximum absolute atomic E-state index is 13.2. The third-order valence-electron chi connectivity index (χ3n) is 2.92. The minimum atomic E-state index is -0.474. The van der Waals surface area contributed by atoms with Crippen molar-refractivity contribution in [3.05, 3.63) is 70.6 Å². The summed E-state index contributed by atoms with van der Waals surface area (Å²) in [5.74, 6) is 0.531. The van der Waals surface area contributed by atoms with Gasteiger partial charge < -0.3 is 5.32 Å². The van der Waals surface area contributed by atoms with Crippen LogP contribution in [0.3, 0.4) is 0 Å². The van der Waals surface area contributed by atoms with Crippen molar-refractivity contribution in [2.24, 2.45) is 0 Å². The van der Waals surface area contributed by atoms with Crippen molar-refractivity contribution in [3.8, 4) is 11.4 Å². The van der Waals surface area contributed by atoms with Gasteiger partial charge in [-0.05, 0) is 18.2 Å². The Bertz CT molecular complexity index is 810. The molecule has 1 heterocycles. The average Bonchev–Trinajstić information content (AvgIpc) is 2.51. The fourth-order valence-corrected chi connectivity index (χ4v) is 2.28. The Kier molecular flexibility index (Phi) is 4.22. The van der Waals surface area contributed by atoms with Crippen LogP contribution in [0.25, 0.3) is 11.4 Å². The minimum absolute atomic E-state index is 0.0356. The molecule has 0 saturated heterocycles. The fraction of sp³-hybridized carbons (Fsp3) is 0. The lowest BCUT2D eigenvalue weighted by molar-refractivity contribution is 0.628. The summed E-state index contributed by atoms with van der Waals surface area (Å²) in [7, 11) is 0. The van der Waals surface area contributed by atoms with Crippen molar-refractivity contribution in [1.82, 2.24) is 9.97 Å². The van der Waals surface area contributed by atoms with Gasteiger partial charge in [-0.2, -0.15) is 0 Å². The van der Waals surface area contributed by atoms with Crippen molar-refractivity contribution in [2.45, 2.75) is 0 Å². The van der Waals surface area contributed by atoms with Crippen molar-refractivity contribution in [1.29, 1.82) is 0 Å². The highest BCUT2D eigenvalue weighted by Crippen LogP contribution is 2.25. The molecule has 0 amide bonds. The summed E-state index contributed by atoms with van der Waals surface area (Å²) in [5.41, 5.74) is 1.46. The Balaban J connectivity index is 1.94. The van der Waals surface area contributed by atoms with Crippen molar-refractivity contribution >= 4 is 34.7 Å². The summed E-state index contributed by atoms with van der Waals surface area (Å²) in [6.45, 7) is 0. The van der Waals surface area contributed by atoms with Gasteiger partial charge in [0.2, 0.25) is 0 Å². The minimum Gasteiger partial charge on any atom is -0.340 e. The lowest BCUT2D eigenvalue weighted by atomic mass is 10.2. The number of anilines is 2. The number of hydrogen-bond acceptors (Lipinski definition) is 3. The Morgan fingerprint density at radius 2 is 1.68 bits per heavy atom. The molecule has 0 saturated carbocycles. The quantitative estimate of drug-likeness (QED) is 0.658. The molecule has 0 bridgehead atoms. The lowest BCUT2D eigenvalue weighted by Gasteiger charge is -2.08. The van der Waals surface area contributed by atoms with Gasteiger partial charge in [0, 0.05) is 17.3 Å². The van der Waals surface area contributed by atoms with Crippen LogP contribution in [0.15, 0.2) is 54.6 Å². The molecule has 0 spiro atoms. The maximum atomic E-state index is 13.2. The zero-order chi connectivity index (χ0) is 15.5. The highest BCUT2D eigenvalue weighted by Gasteiger charge is 2.07. The van der Waals surface area contributed by atoms with Crippen LogP contribution in [0.5, 0.6) is 0 Å². The summed E-state index contributed by atoms with van der Waals surface area (Å²) in [5, 5.41) is 3.38. The zero-order valence-electron chi connectivity index (χ0n) is 11.2. The largest absolute Gasteiger partial charge is 0.340 e. The van der Waals surface area contributed by atoms with E-state index in [0.29, 0.717) is 22.5 Å². The van der Waals surface area contributed by atoms with Gasteiger partial charge in [0.25, 0.3) is 0 Å². The van der Waals surface area contributed by atoms with E-state index in [-0.39, 0.29) is 5.02 Å². The highest BCUT2D eigenvalue weighted by molar-refractivity contribution is 6.31. The smallest absolute Gasteiger partial charge is 0.163 e. The predicted molar refractivity (Wildman–Crippen MR) is 87.2 cm³/mol. The highest BCUT2D eigenvalue weighted by atomic mass is 35.5. The molecule has 0 fully saturated rings. The maximum Gasteiger partial charge on any atom is 0.163 e. The Labute approximate surface area is 136 Å². The summed E-state index contributed by atoms with van der Waals surface area (Å²) in [6.07, 6.45) is 0. The van der Waals surface area contributed by atoms with Gasteiger partial charge in [-0.15, -0.1) is 0 Å². The number of hydrogen-bond donors (Lipinski definition) is 1. The number of halogens is 3. The molecule has 2 aromatic carbocycles. The molecule has 1 aromatic heterocycles. The van der Waals surface area contributed by atoms with Gasteiger partial charge in [0.15, 0.2) is 5.82 Å². The molecule has 0 aliphatic rings. The summed E-state index contributed by atoms with van der Waals surface area (Å²) >= 11 is 11.8. The van der Waals surface area contributed by atoms with E-state index in [0.717, 1.165) is 5.56 Å². The number of aromatic nitrogens is 2. The van der Waals surface area contributed by atoms with E-state index in [4.69, 9.17) is 23.2 Å². The fourth-order valence-electron chi connectivity index (χ4n) is 1.92. The van der Waals surface area contributed by atoms with Gasteiger partial charge in [0.1, 0.15) is 16.8 Å². The van der Waals surface area contributed by atoms with Gasteiger partial charge in [-0.1, -0.05) is 53.5 Å². The topological polar surface area (TPSA) is 37.8 Å². The predicted octanol–water partition coefficient (Wildman–Crippen LogP) is 5.33. The molecule has 22 heavy (non-hydrogen) atoms. The summed E-state index contributed by atoms with van der Waals surface area (Å²) in [4.78, 5) is 8.61. The van der Waals surface area contributed by atoms with Gasteiger partial charge >= 0.3 is 0 Å². The summed E-state index contributed by atoms with van der Waals surface area (Å²) in [6, 6.07) is 15.4. The first-order valence-corrected chi connectivity index (χ1v) is 7.19. The standard InChI is InChI=1S/C16H10Cl2FN3/c17-12-8-11(6-7-13(12)19)20-15-9-14(18)21-16(22-15)10-4-2-1-3-5-10/h1-9H,(H,20,21,22). The number of nitrogens with one attached hydrogen (secondary N) is 1. The second-order valence-corrected chi connectivity index (χ2v) is 5.31. The van der Waals surface area contributed by atoms with Crippen molar-refractivity contribution in [2.75, 3.05) is 5.32 Å². The summed E-state index contributed by atoms with van der Waals surface area (Å²) < 4.78 is 13.2. The van der Waals surface area contributed by atoms with E-state index in [1.165, 1.54) is 12.1 Å². The third-order valence-corrected chi connectivity index (χ3v) is 3.40. The van der Waals surface area contributed by atoms with E-state index >= 15 is 0 Å². The van der Waals surface area contributed by atoms with Crippen LogP contribution in [-0.4, -0.2) is 9.97 Å². The second-order valence-electron chi connectivity index (χ2n) is 4.52. The Morgan fingerprint density at radius 3 is 2.41 bits per heavy atom. The first-order valence-electron chi connectivity index (χ1n) is 6.44. The molecule has 3 aromatic rings. The van der Waals surface area contributed by atoms with E-state index < -0.39 is 5.82 Å². The molecule has 3 rings (SSSR count). The Hall–Kier alpha value is -2.17. The molecule has 1 N–H and O–H groups in total. The van der Waals surface area contributed by atoms with Crippen molar-refractivity contribution in [3.63, 3.8) is 0 Å². The molecule has 110 valence electrons. The van der Waals surface area contributed by atoms with E-state index in [9.17, 15) is 4.39 Å². The molecule has 0 atom stereocenters. The van der Waals surface area contributed by atoms with Gasteiger partial charge in [0.05, 0.1) is 5.02 Å². The van der Waals surface area contributed by atoms with Crippen molar-refractivity contribution < 1.29 is 4.39 Å². The monoisotopic (exact) mass is 333 g/mol. The first kappa shape index (κ1) is 14.8. The molecule has 0 aliphatic heterocycles. The Morgan fingerprint density at radius 1 is 0.909 bits per heavy atom. The molecular formula is C16H10Cl2FN3. The second kappa shape index (κ2) is 6.30. The molecular weight excluding hydrogens is 324 g/mol. The number of nitrogens with zero attached hydrogens (tertiary/aromatic N) is 2. The SMILES string of the molecule is Fc1ccc(Nc2cc(Cl)nc(-c3ccccc3)n2)cc1Cl. The van der Waals surface area contributed by atoms with Crippen LogP contribution < -0.4 is 5.32 Å². The van der Waals surface area contributed by atoms with Gasteiger partial charge in [-0.25, -0.2) is 14.4 Å². The van der Waals surface area contributed by atoms with Crippen LogP contribution in [0.2, 0.25) is 10.2 Å². The van der Waals surface area contributed by atoms with Crippen LogP contribution in [0, 0.1) is 5.82 Å². The van der Waals surface area contributed by atoms with Gasteiger partial charge in [-0.3, -0.25) is 0 Å². The van der Waals surface area contributed by atoms with Crippen LogP contribution in [0.1, 0.15) is 0 Å². The zero-order valence-corrected chi connectivity index (χ0v) is 12.7. The van der Waals surface area contributed by atoms with Crippen LogP contribution in [0.4, 0.5) is 15.9 Å². The average molecular weight is 334 g/mol. The van der Waals surface area contributed by atoms with E-state index in [1.54, 1.807) is 12.1 Å². The van der Waals surface area contributed by atoms with E-state index in [1.807, 2.05) is 30.3 Å². The normalized spacial score (nSPS) is 10.5. The molecule has 6 heteroatoms. The van der Waals surface area contributed by atoms with Crippen LogP contribution in [-0.2, 0) is 0 Å². The molecule has 3 nitrogen and oxygen atoms in total. The molecule has 0 radical (unpaired) electrons. The number of benzene rings is 2. The molecule has 0 unspecified atom stereocenters. The number of rotatable bonds is 3.